The Bertz CT molecular complexity index is 1160. The first-order valence-electron chi connectivity index (χ1n) is 12.2. The van der Waals surface area contributed by atoms with Crippen LogP contribution in [0, 0.1) is 59.2 Å². The second kappa shape index (κ2) is 33.4. The van der Waals surface area contributed by atoms with Gasteiger partial charge in [0.2, 0.25) is 0 Å². The number of hydrogen-bond donors (Lipinski definition) is 1. The number of rotatable bonds is 15. The molecular formula is C28H51Na2O9PS. The Morgan fingerprint density at radius 2 is 1.29 bits per heavy atom. The molecule has 0 rings (SSSR count). The zero-order valence-electron chi connectivity index (χ0n) is 24.4. The average Bonchev–Trinajstić information content (AvgIpc) is 2.85. The molecular weight excluding hydrogens is 589 g/mol. The van der Waals surface area contributed by atoms with Crippen molar-refractivity contribution in [2.75, 3.05) is 13.2 Å². The molecule has 0 N–H and O–H groups in total. The number of carbonyl (C=O) groups is 3. The summed E-state index contributed by atoms with van der Waals surface area (Å²) >= 11 is 3.33. The third kappa shape index (κ3) is 43.5. The monoisotopic (exact) mass is 640 g/mol. The van der Waals surface area contributed by atoms with Crippen LogP contribution in [-0.4, -0.2) is 36.4 Å². The Hall–Kier alpha value is -1.13. The van der Waals surface area contributed by atoms with Crippen molar-refractivity contribution in [2.45, 2.75) is 84.7 Å². The zero-order chi connectivity index (χ0) is 29.8. The second-order valence-corrected chi connectivity index (χ2v) is 9.35. The largest absolute Gasteiger partial charge is 1.00 e. The first-order valence-corrected chi connectivity index (χ1v) is 14.1. The van der Waals surface area contributed by atoms with Crippen LogP contribution in [-0.2, 0) is 32.9 Å². The van der Waals surface area contributed by atoms with Crippen molar-refractivity contribution >= 4 is 37.5 Å². The van der Waals surface area contributed by atoms with Crippen molar-refractivity contribution in [3.05, 3.63) is 0 Å². The Morgan fingerprint density at radius 1 is 0.829 bits per heavy atom. The number of phosphoric ester groups is 1. The molecule has 0 heterocycles. The fourth-order valence-electron chi connectivity index (χ4n) is 2.48. The average molecular weight is 641 g/mol. The number of esters is 2. The number of thiol groups is 1. The molecule has 0 aromatic heterocycles. The third-order valence-corrected chi connectivity index (χ3v) is 4.54. The van der Waals surface area contributed by atoms with Crippen LogP contribution in [0.15, 0.2) is 0 Å². The molecule has 0 saturated carbocycles. The Balaban J connectivity index is -0.0000000784. The summed E-state index contributed by atoms with van der Waals surface area (Å²) < 4.78 is 24.8. The maximum atomic E-state index is 12.0. The van der Waals surface area contributed by atoms with Crippen molar-refractivity contribution in [1.29, 1.82) is 0 Å². The number of carbonyl (C=O) groups excluding carboxylic acids is 3. The van der Waals surface area contributed by atoms with Gasteiger partial charge in [0, 0.05) is 32.1 Å². The molecule has 0 aromatic rings. The van der Waals surface area contributed by atoms with Crippen LogP contribution in [0.25, 0.3) is 0 Å². The van der Waals surface area contributed by atoms with Crippen molar-refractivity contribution in [3.8, 4) is 59.2 Å². The predicted octanol–water partition coefficient (Wildman–Crippen LogP) is -1.46. The molecule has 0 aliphatic carbocycles. The molecule has 0 spiro atoms. The van der Waals surface area contributed by atoms with E-state index in [1.807, 2.05) is 0 Å². The van der Waals surface area contributed by atoms with E-state index in [0.29, 0.717) is 6.42 Å². The van der Waals surface area contributed by atoms with Crippen LogP contribution in [0.4, 0.5) is 0 Å². The second-order valence-electron chi connectivity index (χ2n) is 7.57. The van der Waals surface area contributed by atoms with E-state index in [4.69, 9.17) is 9.47 Å². The molecule has 0 bridgehead atoms. The van der Waals surface area contributed by atoms with Crippen LogP contribution in [0.2, 0.25) is 0 Å². The fraction of sp³-hybridized carbons (Fsp3) is 0.536. The van der Waals surface area contributed by atoms with Gasteiger partial charge in [-0.3, -0.25) is 9.59 Å². The van der Waals surface area contributed by atoms with Crippen molar-refractivity contribution in [1.82, 2.24) is 0 Å². The molecule has 0 fully saturated rings. The predicted molar refractivity (Wildman–Crippen MR) is 165 cm³/mol. The van der Waals surface area contributed by atoms with E-state index in [9.17, 15) is 28.7 Å². The topological polar surface area (TPSA) is 142 Å². The van der Waals surface area contributed by atoms with Crippen molar-refractivity contribution in [3.63, 3.8) is 0 Å². The van der Waals surface area contributed by atoms with Gasteiger partial charge in [-0.05, 0) is 60.7 Å². The molecule has 0 unspecified atom stereocenters. The zero-order valence-corrected chi connectivity index (χ0v) is 30.2. The maximum Gasteiger partial charge on any atom is 1.00 e. The first-order chi connectivity index (χ1) is 18.5. The van der Waals surface area contributed by atoms with E-state index >= 15 is 0 Å². The van der Waals surface area contributed by atoms with Gasteiger partial charge in [0.05, 0.1) is 14.4 Å². The van der Waals surface area contributed by atoms with E-state index in [-0.39, 0.29) is 83.5 Å². The summed E-state index contributed by atoms with van der Waals surface area (Å²) in [6.45, 7) is 3.87. The summed E-state index contributed by atoms with van der Waals surface area (Å²) in [6.07, 6.45) is 7.17. The van der Waals surface area contributed by atoms with Gasteiger partial charge in [-0.1, -0.05) is 57.8 Å². The maximum absolute atomic E-state index is 12.0. The molecule has 41 heavy (non-hydrogen) atoms. The van der Waals surface area contributed by atoms with Gasteiger partial charge in [0.1, 0.15) is 6.61 Å². The van der Waals surface area contributed by atoms with Gasteiger partial charge in [-0.15, -0.1) is 12.6 Å². The Morgan fingerprint density at radius 3 is 1.78 bits per heavy atom. The molecule has 13 heteroatoms. The molecule has 0 aliphatic rings. The van der Waals surface area contributed by atoms with E-state index in [1.165, 1.54) is 32.6 Å². The first kappa shape index (κ1) is 46.8. The van der Waals surface area contributed by atoms with Gasteiger partial charge in [-0.2, -0.15) is 0 Å². The standard InChI is InChI=1S/C26H31O8P.C2H4OS.2Na.9H2/c1-3-5-7-9-11-13-15-16-18-20-25(27)32-22-24(23-33-35(29,30)31)34-26(28)21-19-17-14-12-10-8-6-4-2;1-2(3)4;;;;;;;;;;;/h24H,4,6,8,10,12,14,17,19,21-23H2,1-2H3,(H2,29,30,31);1H3,(H,3,4);;;9*1H/q;;2*+1;;;;;;;;;/p-2/t24-;;;;;;;;;;;;/m0............/s1. The molecule has 0 radical (unpaired) electrons. The Labute approximate surface area is 307 Å². The minimum absolute atomic E-state index is 0. The van der Waals surface area contributed by atoms with Crippen LogP contribution in [0.1, 0.15) is 91.4 Å². The minimum Gasteiger partial charge on any atom is -0.790 e. The van der Waals surface area contributed by atoms with Gasteiger partial charge < -0.3 is 28.3 Å². The summed E-state index contributed by atoms with van der Waals surface area (Å²) in [6, 6.07) is 0. The number of hydrogen-bond acceptors (Lipinski definition) is 9. The smallest absolute Gasteiger partial charge is 0.790 e. The number of ether oxygens (including phenoxy) is 2. The third-order valence-electron chi connectivity index (χ3n) is 4.08. The van der Waals surface area contributed by atoms with E-state index in [1.54, 1.807) is 6.92 Å². The summed E-state index contributed by atoms with van der Waals surface area (Å²) in [4.78, 5) is 54.5. The number of phosphoric acid groups is 1. The van der Waals surface area contributed by atoms with Gasteiger partial charge in [0.15, 0.2) is 11.2 Å². The molecule has 0 saturated heterocycles. The van der Waals surface area contributed by atoms with Crippen molar-refractivity contribution in [2.24, 2.45) is 0 Å². The molecule has 0 aromatic carbocycles. The summed E-state index contributed by atoms with van der Waals surface area (Å²) in [5, 5.41) is -0.139. The summed E-state index contributed by atoms with van der Waals surface area (Å²) in [7, 11) is -5.30. The van der Waals surface area contributed by atoms with Crippen LogP contribution < -0.4 is 68.9 Å². The summed E-state index contributed by atoms with van der Waals surface area (Å²) in [5.41, 5.74) is 0. The van der Waals surface area contributed by atoms with Gasteiger partial charge >= 0.3 is 71.1 Å². The molecule has 0 amide bonds. The summed E-state index contributed by atoms with van der Waals surface area (Å²) in [5.74, 6) is 22.1. The van der Waals surface area contributed by atoms with Crippen LogP contribution >= 0.6 is 20.5 Å². The van der Waals surface area contributed by atoms with E-state index in [0.717, 1.165) is 19.3 Å². The SMILES string of the molecule is CC#CC#CC#CC#CC#CC(=O)OC[C@@H](COP(=O)([O-])[O-])OC(=O)CCCCCCCCCC.CC(=O)S.[HH].[HH].[HH].[HH].[HH].[HH].[HH].[HH].[HH].[Na+].[Na+]. The molecule has 9 nitrogen and oxygen atoms in total. The van der Waals surface area contributed by atoms with Crippen LogP contribution in [0.5, 0.6) is 0 Å². The van der Waals surface area contributed by atoms with Crippen LogP contribution in [0.3, 0.4) is 0 Å². The molecule has 1 atom stereocenters. The fourth-order valence-corrected chi connectivity index (χ4v) is 2.82. The molecule has 230 valence electrons. The molecule has 0 aliphatic heterocycles. The van der Waals surface area contributed by atoms with E-state index < -0.39 is 39.1 Å². The number of unbranched alkanes of at least 4 members (excludes halogenated alkanes) is 7. The normalized spacial score (nSPS) is 9.32. The Kier molecular flexibility index (Phi) is 38.1. The van der Waals surface area contributed by atoms with Gasteiger partial charge in [-0.25, -0.2) is 4.79 Å². The van der Waals surface area contributed by atoms with Gasteiger partial charge in [0.25, 0.3) is 0 Å². The van der Waals surface area contributed by atoms with Crippen molar-refractivity contribution < 1.29 is 115 Å². The quantitative estimate of drug-likeness (QED) is 0.0432. The minimum atomic E-state index is -5.30. The van der Waals surface area contributed by atoms with E-state index in [2.05, 4.69) is 83.3 Å².